The Labute approximate surface area is 138 Å². The third-order valence-corrected chi connectivity index (χ3v) is 3.92. The van der Waals surface area contributed by atoms with Crippen LogP contribution in [0.4, 0.5) is 13.2 Å². The predicted molar refractivity (Wildman–Crippen MR) is 80.8 cm³/mol. The second kappa shape index (κ2) is 6.23. The molecule has 2 aromatic heterocycles. The van der Waals surface area contributed by atoms with E-state index in [1.165, 1.54) is 16.8 Å². The number of halogens is 4. The quantitative estimate of drug-likeness (QED) is 0.720. The van der Waals surface area contributed by atoms with Crippen molar-refractivity contribution < 1.29 is 13.2 Å². The lowest BCUT2D eigenvalue weighted by molar-refractivity contribution is 0.0817. The summed E-state index contributed by atoms with van der Waals surface area (Å²) in [5.74, 6) is -0.456. The fourth-order valence-electron chi connectivity index (χ4n) is 2.17. The second-order valence-electron chi connectivity index (χ2n) is 5.15. The van der Waals surface area contributed by atoms with Crippen LogP contribution in [-0.2, 0) is 6.54 Å². The van der Waals surface area contributed by atoms with E-state index in [0.717, 1.165) is 6.92 Å². The minimum atomic E-state index is -2.79. The van der Waals surface area contributed by atoms with Crippen molar-refractivity contribution in [3.05, 3.63) is 51.2 Å². The molecule has 0 aliphatic carbocycles. The van der Waals surface area contributed by atoms with E-state index < -0.39 is 23.8 Å². The van der Waals surface area contributed by atoms with Gasteiger partial charge >= 0.3 is 0 Å². The van der Waals surface area contributed by atoms with Gasteiger partial charge in [0.05, 0.1) is 6.54 Å². The number of nitrogens with zero attached hydrogens (tertiary/aromatic N) is 5. The average Bonchev–Trinajstić information content (AvgIpc) is 2.87. The summed E-state index contributed by atoms with van der Waals surface area (Å²) < 4.78 is 41.1. The summed E-state index contributed by atoms with van der Waals surface area (Å²) in [6.45, 7) is 1.11. The van der Waals surface area contributed by atoms with Crippen molar-refractivity contribution in [3.8, 4) is 0 Å². The molecule has 3 rings (SSSR count). The molecule has 0 aliphatic rings. The van der Waals surface area contributed by atoms with Crippen molar-refractivity contribution in [3.63, 3.8) is 0 Å². The third-order valence-electron chi connectivity index (χ3n) is 3.55. The van der Waals surface area contributed by atoms with Gasteiger partial charge < -0.3 is 0 Å². The van der Waals surface area contributed by atoms with Gasteiger partial charge in [-0.1, -0.05) is 35.0 Å². The van der Waals surface area contributed by atoms with Crippen molar-refractivity contribution in [2.24, 2.45) is 0 Å². The Kier molecular flexibility index (Phi) is 4.27. The van der Waals surface area contributed by atoms with Gasteiger partial charge in [-0.05, 0) is 13.0 Å². The van der Waals surface area contributed by atoms with E-state index in [4.69, 9.17) is 11.6 Å². The highest BCUT2D eigenvalue weighted by Crippen LogP contribution is 2.21. The first-order valence-electron chi connectivity index (χ1n) is 6.93. The third kappa shape index (κ3) is 2.75. The molecule has 0 amide bonds. The van der Waals surface area contributed by atoms with Crippen molar-refractivity contribution >= 4 is 22.6 Å². The fraction of sp³-hybridized carbons (Fsp3) is 0.286. The Hall–Kier alpha value is -2.42. The highest BCUT2D eigenvalue weighted by atomic mass is 35.5. The number of fused-ring (bicyclic) bond motifs is 1. The van der Waals surface area contributed by atoms with Crippen molar-refractivity contribution in [2.75, 3.05) is 0 Å². The van der Waals surface area contributed by atoms with Crippen LogP contribution in [0.3, 0.4) is 0 Å². The monoisotopic (exact) mass is 357 g/mol. The van der Waals surface area contributed by atoms with Crippen LogP contribution in [0.15, 0.2) is 29.1 Å². The van der Waals surface area contributed by atoms with Crippen molar-refractivity contribution in [2.45, 2.75) is 25.9 Å². The second-order valence-corrected chi connectivity index (χ2v) is 5.51. The van der Waals surface area contributed by atoms with Crippen LogP contribution >= 0.6 is 11.6 Å². The maximum atomic E-state index is 13.7. The Balaban J connectivity index is 2.09. The summed E-state index contributed by atoms with van der Waals surface area (Å²) in [5, 5.41) is 11.2. The van der Waals surface area contributed by atoms with Crippen LogP contribution in [0.5, 0.6) is 0 Å². The van der Waals surface area contributed by atoms with Crippen LogP contribution < -0.4 is 5.56 Å². The zero-order valence-electron chi connectivity index (χ0n) is 12.3. The Morgan fingerprint density at radius 3 is 2.62 bits per heavy atom. The zero-order chi connectivity index (χ0) is 17.4. The fourth-order valence-corrected chi connectivity index (χ4v) is 2.40. The Morgan fingerprint density at radius 1 is 1.25 bits per heavy atom. The van der Waals surface area contributed by atoms with Gasteiger partial charge in [0.2, 0.25) is 0 Å². The molecule has 0 N–H and O–H groups in total. The molecule has 6 nitrogen and oxygen atoms in total. The lowest BCUT2D eigenvalue weighted by atomic mass is 10.2. The molecule has 0 aliphatic heterocycles. The van der Waals surface area contributed by atoms with Gasteiger partial charge in [0.25, 0.3) is 12.0 Å². The number of rotatable bonds is 4. The first kappa shape index (κ1) is 16.4. The molecule has 0 spiro atoms. The molecule has 0 unspecified atom stereocenters. The lowest BCUT2D eigenvalue weighted by Crippen LogP contribution is -2.30. The molecule has 126 valence electrons. The van der Waals surface area contributed by atoms with Gasteiger partial charge in [-0.15, -0.1) is 5.10 Å². The van der Waals surface area contributed by atoms with Gasteiger partial charge in [0.1, 0.15) is 11.9 Å². The van der Waals surface area contributed by atoms with Crippen LogP contribution in [-0.4, -0.2) is 31.2 Å². The summed E-state index contributed by atoms with van der Waals surface area (Å²) in [4.78, 5) is 12.3. The summed E-state index contributed by atoms with van der Waals surface area (Å²) in [6.07, 6.45) is -2.79. The normalized spacial score (nSPS) is 12.9. The molecule has 1 aromatic carbocycles. The minimum Gasteiger partial charge on any atom is -0.265 e. The van der Waals surface area contributed by atoms with E-state index in [9.17, 15) is 18.0 Å². The molecule has 0 bridgehead atoms. The van der Waals surface area contributed by atoms with Crippen LogP contribution in [0.25, 0.3) is 11.0 Å². The van der Waals surface area contributed by atoms with Gasteiger partial charge in [-0.2, -0.15) is 5.10 Å². The number of hydrogen-bond donors (Lipinski definition) is 0. The topological polar surface area (TPSA) is 65.6 Å². The van der Waals surface area contributed by atoms with E-state index in [2.05, 4.69) is 15.4 Å². The average molecular weight is 358 g/mol. The summed E-state index contributed by atoms with van der Waals surface area (Å²) in [6, 6.07) is 4.55. The summed E-state index contributed by atoms with van der Waals surface area (Å²) in [7, 11) is 0. The van der Waals surface area contributed by atoms with Crippen molar-refractivity contribution in [1.82, 2.24) is 24.8 Å². The Bertz CT molecular complexity index is 955. The molecular weight excluding hydrogens is 347 g/mol. The van der Waals surface area contributed by atoms with E-state index in [1.54, 1.807) is 12.1 Å². The first-order valence-corrected chi connectivity index (χ1v) is 7.31. The maximum Gasteiger partial charge on any atom is 0.298 e. The van der Waals surface area contributed by atoms with Crippen LogP contribution in [0, 0.1) is 5.82 Å². The molecule has 3 aromatic rings. The first-order chi connectivity index (χ1) is 11.4. The zero-order valence-corrected chi connectivity index (χ0v) is 13.1. The molecule has 0 saturated carbocycles. The van der Waals surface area contributed by atoms with E-state index in [0.29, 0.717) is 10.2 Å². The Morgan fingerprint density at radius 2 is 1.96 bits per heavy atom. The molecule has 1 atom stereocenters. The molecule has 2 heterocycles. The van der Waals surface area contributed by atoms with Gasteiger partial charge in [-0.25, -0.2) is 22.5 Å². The number of alkyl halides is 2. The predicted octanol–water partition coefficient (Wildman–Crippen LogP) is 2.65. The highest BCUT2D eigenvalue weighted by molar-refractivity contribution is 6.33. The van der Waals surface area contributed by atoms with Crippen molar-refractivity contribution in [1.29, 1.82) is 0 Å². The number of hydrogen-bond acceptors (Lipinski definition) is 4. The van der Waals surface area contributed by atoms with E-state index >= 15 is 0 Å². The number of aromatic nitrogens is 5. The highest BCUT2D eigenvalue weighted by Gasteiger charge is 2.23. The molecule has 24 heavy (non-hydrogen) atoms. The molecule has 0 fully saturated rings. The lowest BCUT2D eigenvalue weighted by Gasteiger charge is -2.10. The van der Waals surface area contributed by atoms with Gasteiger partial charge in [-0.3, -0.25) is 4.79 Å². The molecule has 0 saturated heterocycles. The molecule has 0 radical (unpaired) electrons. The minimum absolute atomic E-state index is 0.0178. The van der Waals surface area contributed by atoms with Gasteiger partial charge in [0, 0.05) is 5.56 Å². The van der Waals surface area contributed by atoms with Gasteiger partial charge in [0.15, 0.2) is 16.2 Å². The SMILES string of the molecule is C[C@H](C(F)F)n1nnc2c(Cl)n(Cc3ccccc3F)nc2c1=O. The summed E-state index contributed by atoms with van der Waals surface area (Å²) in [5.41, 5.74) is -0.738. The smallest absolute Gasteiger partial charge is 0.265 e. The molecule has 10 heteroatoms. The number of benzene rings is 1. The molecular formula is C14H11ClF3N5O. The summed E-state index contributed by atoms with van der Waals surface area (Å²) >= 11 is 6.11. The largest absolute Gasteiger partial charge is 0.298 e. The maximum absolute atomic E-state index is 13.7. The standard InChI is InChI=1S/C14H11ClF3N5O/c1-7(13(17)18)23-14(24)11-10(19-21-23)12(15)22(20-11)6-8-4-2-3-5-9(8)16/h2-5,7,13H,6H2,1H3/t7-/m1/s1. The van der Waals surface area contributed by atoms with E-state index in [-0.39, 0.29) is 22.7 Å². The van der Waals surface area contributed by atoms with E-state index in [1.807, 2.05) is 0 Å². The van der Waals surface area contributed by atoms with Crippen LogP contribution in [0.2, 0.25) is 5.15 Å². The van der Waals surface area contributed by atoms with Crippen LogP contribution in [0.1, 0.15) is 18.5 Å².